The lowest BCUT2D eigenvalue weighted by Gasteiger charge is -2.16. The SMILES string of the molecule is Cc1cc(C)n(CC(=O)NC(CC(=O)O)C2CC2)n1. The Kier molecular flexibility index (Phi) is 3.87. The molecule has 6 heteroatoms. The molecule has 1 saturated carbocycles. The monoisotopic (exact) mass is 265 g/mol. The third-order valence-corrected chi connectivity index (χ3v) is 3.33. The second kappa shape index (κ2) is 5.42. The third-order valence-electron chi connectivity index (χ3n) is 3.33. The minimum absolute atomic E-state index is 0.00642. The first-order chi connectivity index (χ1) is 8.95. The Morgan fingerprint density at radius 1 is 1.53 bits per heavy atom. The number of aromatic nitrogens is 2. The van der Waals surface area contributed by atoms with E-state index in [1.807, 2.05) is 19.9 Å². The molecule has 1 aromatic rings. The zero-order valence-corrected chi connectivity index (χ0v) is 11.2. The van der Waals surface area contributed by atoms with Crippen LogP contribution in [0.5, 0.6) is 0 Å². The number of hydrogen-bond donors (Lipinski definition) is 2. The van der Waals surface area contributed by atoms with Crippen molar-refractivity contribution in [3.8, 4) is 0 Å². The van der Waals surface area contributed by atoms with E-state index in [0.717, 1.165) is 24.2 Å². The smallest absolute Gasteiger partial charge is 0.305 e. The predicted molar refractivity (Wildman–Crippen MR) is 68.6 cm³/mol. The molecular formula is C13H19N3O3. The highest BCUT2D eigenvalue weighted by atomic mass is 16.4. The molecule has 1 unspecified atom stereocenters. The van der Waals surface area contributed by atoms with Gasteiger partial charge in [0.1, 0.15) is 6.54 Å². The van der Waals surface area contributed by atoms with E-state index >= 15 is 0 Å². The van der Waals surface area contributed by atoms with Crippen LogP contribution < -0.4 is 5.32 Å². The Balaban J connectivity index is 1.92. The molecule has 104 valence electrons. The van der Waals surface area contributed by atoms with E-state index in [1.165, 1.54) is 0 Å². The summed E-state index contributed by atoms with van der Waals surface area (Å²) in [5.41, 5.74) is 1.79. The topological polar surface area (TPSA) is 84.2 Å². The summed E-state index contributed by atoms with van der Waals surface area (Å²) in [6.07, 6.45) is 1.99. The summed E-state index contributed by atoms with van der Waals surface area (Å²) < 4.78 is 1.63. The maximum absolute atomic E-state index is 11.9. The number of hydrogen-bond acceptors (Lipinski definition) is 3. The molecule has 1 aliphatic carbocycles. The molecule has 1 fully saturated rings. The summed E-state index contributed by atoms with van der Waals surface area (Å²) in [5, 5.41) is 15.9. The summed E-state index contributed by atoms with van der Waals surface area (Å²) in [5.74, 6) is -0.729. The summed E-state index contributed by atoms with van der Waals surface area (Å²) in [4.78, 5) is 22.7. The third kappa shape index (κ3) is 3.81. The van der Waals surface area contributed by atoms with Crippen LogP contribution in [0.3, 0.4) is 0 Å². The van der Waals surface area contributed by atoms with Crippen LogP contribution >= 0.6 is 0 Å². The van der Waals surface area contributed by atoms with E-state index in [1.54, 1.807) is 4.68 Å². The molecule has 0 bridgehead atoms. The number of carboxylic acids is 1. The molecule has 0 radical (unpaired) electrons. The van der Waals surface area contributed by atoms with Crippen LogP contribution in [-0.2, 0) is 16.1 Å². The molecule has 0 aliphatic heterocycles. The second-order valence-corrected chi connectivity index (χ2v) is 5.19. The Hall–Kier alpha value is -1.85. The van der Waals surface area contributed by atoms with Gasteiger partial charge in [-0.1, -0.05) is 0 Å². The number of rotatable bonds is 6. The van der Waals surface area contributed by atoms with Crippen molar-refractivity contribution in [2.75, 3.05) is 0 Å². The van der Waals surface area contributed by atoms with Crippen LogP contribution in [0.25, 0.3) is 0 Å². The first-order valence-corrected chi connectivity index (χ1v) is 6.48. The normalized spacial score (nSPS) is 16.1. The van der Waals surface area contributed by atoms with Gasteiger partial charge in [0.25, 0.3) is 0 Å². The number of carbonyl (C=O) groups excluding carboxylic acids is 1. The van der Waals surface area contributed by atoms with Gasteiger partial charge in [0, 0.05) is 11.7 Å². The number of nitrogens with zero attached hydrogens (tertiary/aromatic N) is 2. The van der Waals surface area contributed by atoms with Crippen molar-refractivity contribution in [3.05, 3.63) is 17.5 Å². The number of aryl methyl sites for hydroxylation is 2. The highest BCUT2D eigenvalue weighted by Gasteiger charge is 2.33. The lowest BCUT2D eigenvalue weighted by atomic mass is 10.1. The van der Waals surface area contributed by atoms with E-state index in [4.69, 9.17) is 5.11 Å². The maximum atomic E-state index is 11.9. The van der Waals surface area contributed by atoms with Gasteiger partial charge in [-0.15, -0.1) is 0 Å². The van der Waals surface area contributed by atoms with Gasteiger partial charge in [0.05, 0.1) is 12.1 Å². The molecule has 1 aliphatic rings. The molecule has 0 aromatic carbocycles. The average molecular weight is 265 g/mol. The van der Waals surface area contributed by atoms with Crippen LogP contribution in [0.4, 0.5) is 0 Å². The summed E-state index contributed by atoms with van der Waals surface area (Å²) >= 11 is 0. The number of amides is 1. The van der Waals surface area contributed by atoms with Gasteiger partial charge in [-0.05, 0) is 38.7 Å². The molecule has 0 saturated heterocycles. The summed E-state index contributed by atoms with van der Waals surface area (Å²) in [7, 11) is 0. The molecule has 19 heavy (non-hydrogen) atoms. The van der Waals surface area contributed by atoms with Crippen molar-refractivity contribution in [3.63, 3.8) is 0 Å². The Labute approximate surface area is 111 Å². The lowest BCUT2D eigenvalue weighted by Crippen LogP contribution is -2.40. The highest BCUT2D eigenvalue weighted by Crippen LogP contribution is 2.34. The standard InChI is InChI=1S/C13H19N3O3/c1-8-5-9(2)16(15-8)7-12(17)14-11(6-13(18)19)10-3-4-10/h5,10-11H,3-4,6-7H2,1-2H3,(H,14,17)(H,18,19). The molecule has 0 spiro atoms. The molecule has 2 rings (SSSR count). The Morgan fingerprint density at radius 2 is 2.21 bits per heavy atom. The van der Waals surface area contributed by atoms with E-state index < -0.39 is 5.97 Å². The number of carboxylic acid groups (broad SMARTS) is 1. The van der Waals surface area contributed by atoms with Crippen LogP contribution in [-0.4, -0.2) is 32.8 Å². The van der Waals surface area contributed by atoms with Crippen LogP contribution in [0.15, 0.2) is 6.07 Å². The van der Waals surface area contributed by atoms with Crippen LogP contribution in [0, 0.1) is 19.8 Å². The molecule has 1 amide bonds. The minimum atomic E-state index is -0.872. The number of aliphatic carboxylic acids is 1. The molecule has 2 N–H and O–H groups in total. The van der Waals surface area contributed by atoms with E-state index in [2.05, 4.69) is 10.4 Å². The largest absolute Gasteiger partial charge is 0.481 e. The molecular weight excluding hydrogens is 246 g/mol. The quantitative estimate of drug-likeness (QED) is 0.799. The van der Waals surface area contributed by atoms with Gasteiger partial charge in [0.2, 0.25) is 5.91 Å². The average Bonchev–Trinajstić information content (AvgIpc) is 3.05. The maximum Gasteiger partial charge on any atom is 0.305 e. The van der Waals surface area contributed by atoms with Crippen molar-refractivity contribution in [2.24, 2.45) is 5.92 Å². The predicted octanol–water partition coefficient (Wildman–Crippen LogP) is 0.869. The lowest BCUT2D eigenvalue weighted by molar-refractivity contribution is -0.137. The number of nitrogens with one attached hydrogen (secondary N) is 1. The van der Waals surface area contributed by atoms with Crippen molar-refractivity contribution in [1.82, 2.24) is 15.1 Å². The first kappa shape index (κ1) is 13.6. The van der Waals surface area contributed by atoms with E-state index in [-0.39, 0.29) is 24.9 Å². The van der Waals surface area contributed by atoms with Crippen molar-refractivity contribution in [1.29, 1.82) is 0 Å². The minimum Gasteiger partial charge on any atom is -0.481 e. The Morgan fingerprint density at radius 3 is 2.68 bits per heavy atom. The molecule has 1 atom stereocenters. The van der Waals surface area contributed by atoms with Gasteiger partial charge >= 0.3 is 5.97 Å². The second-order valence-electron chi connectivity index (χ2n) is 5.19. The van der Waals surface area contributed by atoms with Gasteiger partial charge in [-0.2, -0.15) is 5.10 Å². The van der Waals surface area contributed by atoms with Crippen LogP contribution in [0.2, 0.25) is 0 Å². The van der Waals surface area contributed by atoms with Crippen molar-refractivity contribution >= 4 is 11.9 Å². The van der Waals surface area contributed by atoms with Crippen molar-refractivity contribution in [2.45, 2.75) is 45.7 Å². The van der Waals surface area contributed by atoms with Crippen molar-refractivity contribution < 1.29 is 14.7 Å². The zero-order chi connectivity index (χ0) is 14.0. The molecule has 1 aromatic heterocycles. The molecule has 6 nitrogen and oxygen atoms in total. The fourth-order valence-electron chi connectivity index (χ4n) is 2.25. The van der Waals surface area contributed by atoms with Gasteiger partial charge < -0.3 is 10.4 Å². The van der Waals surface area contributed by atoms with Gasteiger partial charge in [-0.25, -0.2) is 0 Å². The van der Waals surface area contributed by atoms with Gasteiger partial charge in [-0.3, -0.25) is 14.3 Å². The Bertz CT molecular complexity index is 491. The summed E-state index contributed by atoms with van der Waals surface area (Å²) in [6.45, 7) is 3.91. The van der Waals surface area contributed by atoms with Crippen LogP contribution in [0.1, 0.15) is 30.7 Å². The fourth-order valence-corrected chi connectivity index (χ4v) is 2.25. The fraction of sp³-hybridized carbons (Fsp3) is 0.615. The summed E-state index contributed by atoms with van der Waals surface area (Å²) in [6, 6.07) is 1.66. The number of carbonyl (C=O) groups is 2. The van der Waals surface area contributed by atoms with Gasteiger partial charge in [0.15, 0.2) is 0 Å². The van der Waals surface area contributed by atoms with E-state index in [9.17, 15) is 9.59 Å². The van der Waals surface area contributed by atoms with E-state index in [0.29, 0.717) is 5.92 Å². The zero-order valence-electron chi connectivity index (χ0n) is 11.2. The highest BCUT2D eigenvalue weighted by molar-refractivity contribution is 5.77. The molecule has 1 heterocycles. The first-order valence-electron chi connectivity index (χ1n) is 6.48.